The van der Waals surface area contributed by atoms with Crippen molar-refractivity contribution < 1.29 is 0 Å². The van der Waals surface area contributed by atoms with Crippen LogP contribution in [0.4, 0.5) is 0 Å². The molecule has 2 rings (SSSR count). The number of rotatable bonds is 1. The van der Waals surface area contributed by atoms with Crippen molar-refractivity contribution in [3.63, 3.8) is 0 Å². The highest BCUT2D eigenvalue weighted by Crippen LogP contribution is 2.36. The zero-order chi connectivity index (χ0) is 9.42. The molecule has 0 aliphatic carbocycles. The average Bonchev–Trinajstić information content (AvgIpc) is 2.44. The third-order valence-electron chi connectivity index (χ3n) is 1.84. The van der Waals surface area contributed by atoms with E-state index in [1.54, 1.807) is 11.3 Å². The number of thiophene rings is 1. The van der Waals surface area contributed by atoms with Crippen LogP contribution in [0.2, 0.25) is 5.02 Å². The summed E-state index contributed by atoms with van der Waals surface area (Å²) in [4.78, 5) is 1.05. The van der Waals surface area contributed by atoms with Crippen molar-refractivity contribution in [2.75, 3.05) is 0 Å². The van der Waals surface area contributed by atoms with Crippen molar-refractivity contribution in [2.45, 2.75) is 6.54 Å². The molecule has 2 N–H and O–H groups in total. The molecule has 0 unspecified atom stereocenters. The lowest BCUT2D eigenvalue weighted by Gasteiger charge is -1.91. The highest BCUT2D eigenvalue weighted by atomic mass is 79.9. The van der Waals surface area contributed by atoms with Gasteiger partial charge in [-0.2, -0.15) is 0 Å². The van der Waals surface area contributed by atoms with Gasteiger partial charge in [-0.1, -0.05) is 27.5 Å². The Morgan fingerprint density at radius 2 is 2.23 bits per heavy atom. The van der Waals surface area contributed by atoms with Crippen LogP contribution in [0, 0.1) is 0 Å². The van der Waals surface area contributed by atoms with Gasteiger partial charge >= 0.3 is 0 Å². The van der Waals surface area contributed by atoms with E-state index in [0.717, 1.165) is 19.8 Å². The average molecular weight is 277 g/mol. The van der Waals surface area contributed by atoms with Crippen LogP contribution in [0.15, 0.2) is 22.7 Å². The number of benzene rings is 1. The largest absolute Gasteiger partial charge is 0.326 e. The fraction of sp³-hybridized carbons (Fsp3) is 0.111. The number of nitrogens with two attached hydrogens (primary N) is 1. The quantitative estimate of drug-likeness (QED) is 0.843. The van der Waals surface area contributed by atoms with Crippen LogP contribution in [-0.4, -0.2) is 0 Å². The molecule has 0 bridgehead atoms. The van der Waals surface area contributed by atoms with Gasteiger partial charge < -0.3 is 5.73 Å². The summed E-state index contributed by atoms with van der Waals surface area (Å²) in [5.41, 5.74) is 5.57. The third kappa shape index (κ3) is 1.62. The molecule has 0 aliphatic heterocycles. The van der Waals surface area contributed by atoms with Crippen LogP contribution in [0.1, 0.15) is 4.88 Å². The van der Waals surface area contributed by atoms with Gasteiger partial charge in [0, 0.05) is 26.0 Å². The molecule has 0 saturated heterocycles. The second-order valence-corrected chi connectivity index (χ2v) is 5.11. The van der Waals surface area contributed by atoms with E-state index in [1.807, 2.05) is 12.1 Å². The number of hydrogen-bond acceptors (Lipinski definition) is 2. The lowest BCUT2D eigenvalue weighted by Crippen LogP contribution is -1.92. The smallest absolute Gasteiger partial charge is 0.0637 e. The van der Waals surface area contributed by atoms with E-state index < -0.39 is 0 Å². The normalized spacial score (nSPS) is 11.0. The minimum absolute atomic E-state index is 0.510. The van der Waals surface area contributed by atoms with Gasteiger partial charge in [-0.15, -0.1) is 11.3 Å². The first kappa shape index (κ1) is 9.46. The summed E-state index contributed by atoms with van der Waals surface area (Å²) in [6.45, 7) is 0.510. The Labute approximate surface area is 93.6 Å². The maximum absolute atomic E-state index is 6.14. The van der Waals surface area contributed by atoms with Crippen molar-refractivity contribution in [1.82, 2.24) is 0 Å². The van der Waals surface area contributed by atoms with Gasteiger partial charge in [0.2, 0.25) is 0 Å². The monoisotopic (exact) mass is 275 g/mol. The molecule has 0 radical (unpaired) electrons. The van der Waals surface area contributed by atoms with E-state index >= 15 is 0 Å². The van der Waals surface area contributed by atoms with Gasteiger partial charge in [-0.25, -0.2) is 0 Å². The van der Waals surface area contributed by atoms with Crippen molar-refractivity contribution in [1.29, 1.82) is 0 Å². The summed E-state index contributed by atoms with van der Waals surface area (Å²) in [5, 5.41) is 1.88. The highest BCUT2D eigenvalue weighted by Gasteiger charge is 2.08. The fourth-order valence-electron chi connectivity index (χ4n) is 1.22. The summed E-state index contributed by atoms with van der Waals surface area (Å²) in [5.74, 6) is 0. The van der Waals surface area contributed by atoms with Crippen LogP contribution in [0.5, 0.6) is 0 Å². The van der Waals surface area contributed by atoms with Crippen LogP contribution < -0.4 is 5.73 Å². The Bertz CT molecular complexity index is 452. The SMILES string of the molecule is NCc1sc2ccc(Br)cc2c1Cl. The molecule has 1 heterocycles. The van der Waals surface area contributed by atoms with Gasteiger partial charge in [0.05, 0.1) is 5.02 Å². The third-order valence-corrected chi connectivity index (χ3v) is 4.07. The fourth-order valence-corrected chi connectivity index (χ4v) is 2.94. The molecule has 2 aromatic rings. The molecular formula is C9H7BrClNS. The molecule has 0 aliphatic rings. The Morgan fingerprint density at radius 3 is 2.92 bits per heavy atom. The second-order valence-electron chi connectivity index (χ2n) is 2.68. The van der Waals surface area contributed by atoms with Gasteiger partial charge in [0.15, 0.2) is 0 Å². The highest BCUT2D eigenvalue weighted by molar-refractivity contribution is 9.10. The maximum atomic E-state index is 6.14. The first-order valence-electron chi connectivity index (χ1n) is 3.79. The van der Waals surface area contributed by atoms with Crippen molar-refractivity contribution in [3.05, 3.63) is 32.6 Å². The van der Waals surface area contributed by atoms with Gasteiger partial charge in [-0.05, 0) is 18.2 Å². The Hall–Kier alpha value is -0.0900. The molecule has 13 heavy (non-hydrogen) atoms. The molecule has 0 fully saturated rings. The summed E-state index contributed by atoms with van der Waals surface area (Å²) in [7, 11) is 0. The second kappa shape index (κ2) is 3.58. The van der Waals surface area contributed by atoms with E-state index in [0.29, 0.717) is 6.54 Å². The zero-order valence-electron chi connectivity index (χ0n) is 6.68. The van der Waals surface area contributed by atoms with E-state index in [-0.39, 0.29) is 0 Å². The standard InChI is InChI=1S/C9H7BrClNS/c10-5-1-2-7-6(3-5)9(11)8(4-12)13-7/h1-3H,4,12H2. The van der Waals surface area contributed by atoms with Crippen LogP contribution in [0.3, 0.4) is 0 Å². The van der Waals surface area contributed by atoms with Crippen LogP contribution in [0.25, 0.3) is 10.1 Å². The molecule has 4 heteroatoms. The molecule has 1 nitrogen and oxygen atoms in total. The van der Waals surface area contributed by atoms with Crippen LogP contribution in [-0.2, 0) is 6.54 Å². The number of halogens is 2. The van der Waals surface area contributed by atoms with Crippen molar-refractivity contribution in [3.8, 4) is 0 Å². The van der Waals surface area contributed by atoms with Crippen molar-refractivity contribution in [2.24, 2.45) is 5.73 Å². The molecule has 1 aromatic carbocycles. The van der Waals surface area contributed by atoms with E-state index in [2.05, 4.69) is 22.0 Å². The van der Waals surface area contributed by atoms with Crippen LogP contribution >= 0.6 is 38.9 Å². The lowest BCUT2D eigenvalue weighted by atomic mass is 10.2. The molecule has 68 valence electrons. The number of fused-ring (bicyclic) bond motifs is 1. The maximum Gasteiger partial charge on any atom is 0.0637 e. The topological polar surface area (TPSA) is 26.0 Å². The van der Waals surface area contributed by atoms with Gasteiger partial charge in [0.25, 0.3) is 0 Å². The summed E-state index contributed by atoms with van der Waals surface area (Å²) in [6.07, 6.45) is 0. The molecule has 0 amide bonds. The van der Waals surface area contributed by atoms with E-state index in [9.17, 15) is 0 Å². The lowest BCUT2D eigenvalue weighted by molar-refractivity contribution is 1.11. The zero-order valence-corrected chi connectivity index (χ0v) is 9.84. The predicted molar refractivity (Wildman–Crippen MR) is 62.4 cm³/mol. The Morgan fingerprint density at radius 1 is 1.46 bits per heavy atom. The molecule has 0 atom stereocenters. The van der Waals surface area contributed by atoms with Gasteiger partial charge in [0.1, 0.15) is 0 Å². The Balaban J connectivity index is 2.77. The van der Waals surface area contributed by atoms with E-state index in [4.69, 9.17) is 17.3 Å². The first-order chi connectivity index (χ1) is 6.22. The predicted octanol–water partition coefficient (Wildman–Crippen LogP) is 3.78. The summed E-state index contributed by atoms with van der Waals surface area (Å²) >= 11 is 11.2. The van der Waals surface area contributed by atoms with Gasteiger partial charge in [-0.3, -0.25) is 0 Å². The number of hydrogen-bond donors (Lipinski definition) is 1. The van der Waals surface area contributed by atoms with E-state index in [1.165, 1.54) is 4.70 Å². The molecule has 0 saturated carbocycles. The minimum Gasteiger partial charge on any atom is -0.326 e. The minimum atomic E-state index is 0.510. The molecule has 1 aromatic heterocycles. The van der Waals surface area contributed by atoms with Crippen molar-refractivity contribution >= 4 is 49.0 Å². The Kier molecular flexibility index (Phi) is 2.60. The first-order valence-corrected chi connectivity index (χ1v) is 5.77. The summed E-state index contributed by atoms with van der Waals surface area (Å²) < 4.78 is 2.23. The molecular weight excluding hydrogens is 270 g/mol. The molecule has 0 spiro atoms. The summed E-state index contributed by atoms with van der Waals surface area (Å²) in [6, 6.07) is 6.08.